The maximum Gasteiger partial charge on any atom is 0.182 e. The van der Waals surface area contributed by atoms with Crippen LogP contribution in [0.2, 0.25) is 0 Å². The molecule has 0 bridgehead atoms. The predicted molar refractivity (Wildman–Crippen MR) is 63.3 cm³/mol. The van der Waals surface area contributed by atoms with Crippen LogP contribution in [0.25, 0.3) is 0 Å². The van der Waals surface area contributed by atoms with Crippen molar-refractivity contribution in [3.8, 4) is 6.07 Å². The molecule has 0 radical (unpaired) electrons. The number of nitrogens with zero attached hydrogens (tertiary/aromatic N) is 2. The number of aromatic nitrogens is 1. The summed E-state index contributed by atoms with van der Waals surface area (Å²) >= 11 is 0. The summed E-state index contributed by atoms with van der Waals surface area (Å²) in [6, 6.07) is 6.06. The van der Waals surface area contributed by atoms with Crippen molar-refractivity contribution in [2.75, 3.05) is 5.32 Å². The second-order valence-corrected chi connectivity index (χ2v) is 3.87. The Balaban J connectivity index is 2.42. The van der Waals surface area contributed by atoms with Crippen LogP contribution < -0.4 is 5.32 Å². The van der Waals surface area contributed by atoms with Crippen LogP contribution in [0.15, 0.2) is 24.3 Å². The molecular weight excluding hydrogens is 255 g/mol. The molecular formula is C13H8F3N3. The minimum Gasteiger partial charge on any atom is -0.338 e. The molecule has 96 valence electrons. The first-order valence-corrected chi connectivity index (χ1v) is 5.30. The monoisotopic (exact) mass is 263 g/mol. The molecule has 0 saturated heterocycles. The average molecular weight is 263 g/mol. The van der Waals surface area contributed by atoms with E-state index < -0.39 is 17.5 Å². The Kier molecular flexibility index (Phi) is 3.38. The number of anilines is 2. The lowest BCUT2D eigenvalue weighted by molar-refractivity contribution is 0.498. The van der Waals surface area contributed by atoms with E-state index >= 15 is 0 Å². The Morgan fingerprint density at radius 1 is 1.16 bits per heavy atom. The van der Waals surface area contributed by atoms with E-state index in [1.807, 2.05) is 6.07 Å². The van der Waals surface area contributed by atoms with Crippen LogP contribution >= 0.6 is 0 Å². The van der Waals surface area contributed by atoms with Crippen LogP contribution in [0.4, 0.5) is 24.7 Å². The molecule has 2 rings (SSSR count). The SMILES string of the molecule is Cc1cc(C#N)cc(Nc2cc(F)cc(F)c2F)n1. The number of pyridine rings is 1. The van der Waals surface area contributed by atoms with Gasteiger partial charge in [-0.25, -0.2) is 18.2 Å². The zero-order valence-electron chi connectivity index (χ0n) is 9.84. The van der Waals surface area contributed by atoms with Crippen molar-refractivity contribution >= 4 is 11.5 Å². The Hall–Kier alpha value is -2.55. The van der Waals surface area contributed by atoms with Crippen LogP contribution in [0.5, 0.6) is 0 Å². The Morgan fingerprint density at radius 3 is 2.58 bits per heavy atom. The fraction of sp³-hybridized carbons (Fsp3) is 0.0769. The summed E-state index contributed by atoms with van der Waals surface area (Å²) < 4.78 is 39.5. The molecule has 1 aromatic carbocycles. The molecule has 0 aliphatic rings. The van der Waals surface area contributed by atoms with Gasteiger partial charge in [0, 0.05) is 17.8 Å². The summed E-state index contributed by atoms with van der Waals surface area (Å²) in [5.74, 6) is -3.27. The minimum atomic E-state index is -1.30. The van der Waals surface area contributed by atoms with Crippen LogP contribution in [0, 0.1) is 35.7 Å². The molecule has 0 saturated carbocycles. The van der Waals surface area contributed by atoms with E-state index in [0.29, 0.717) is 17.3 Å². The number of aryl methyl sites for hydroxylation is 1. The number of hydrogen-bond acceptors (Lipinski definition) is 3. The number of benzene rings is 1. The summed E-state index contributed by atoms with van der Waals surface area (Å²) in [7, 11) is 0. The van der Waals surface area contributed by atoms with Gasteiger partial charge >= 0.3 is 0 Å². The molecule has 1 aromatic heterocycles. The van der Waals surface area contributed by atoms with Gasteiger partial charge in [-0.3, -0.25) is 0 Å². The van der Waals surface area contributed by atoms with E-state index in [1.165, 1.54) is 12.1 Å². The third-order valence-corrected chi connectivity index (χ3v) is 2.34. The molecule has 0 fully saturated rings. The highest BCUT2D eigenvalue weighted by atomic mass is 19.2. The predicted octanol–water partition coefficient (Wildman–Crippen LogP) is 3.42. The van der Waals surface area contributed by atoms with Gasteiger partial charge < -0.3 is 5.32 Å². The van der Waals surface area contributed by atoms with Crippen LogP contribution in [-0.2, 0) is 0 Å². The molecule has 0 aliphatic heterocycles. The van der Waals surface area contributed by atoms with Crippen molar-refractivity contribution < 1.29 is 13.2 Å². The first kappa shape index (κ1) is 12.9. The van der Waals surface area contributed by atoms with Gasteiger partial charge in [0.05, 0.1) is 17.3 Å². The van der Waals surface area contributed by atoms with E-state index in [0.717, 1.165) is 6.07 Å². The van der Waals surface area contributed by atoms with E-state index in [9.17, 15) is 13.2 Å². The van der Waals surface area contributed by atoms with Crippen molar-refractivity contribution in [1.82, 2.24) is 4.98 Å². The van der Waals surface area contributed by atoms with Gasteiger partial charge in [0.2, 0.25) is 0 Å². The van der Waals surface area contributed by atoms with Crippen LogP contribution in [-0.4, -0.2) is 4.98 Å². The highest BCUT2D eigenvalue weighted by Crippen LogP contribution is 2.23. The summed E-state index contributed by atoms with van der Waals surface area (Å²) in [5.41, 5.74) is 0.464. The maximum absolute atomic E-state index is 13.5. The highest BCUT2D eigenvalue weighted by molar-refractivity contribution is 5.59. The second-order valence-electron chi connectivity index (χ2n) is 3.87. The largest absolute Gasteiger partial charge is 0.338 e. The molecule has 19 heavy (non-hydrogen) atoms. The number of rotatable bonds is 2. The minimum absolute atomic E-state index is 0.139. The van der Waals surface area contributed by atoms with E-state index in [2.05, 4.69) is 10.3 Å². The molecule has 1 heterocycles. The lowest BCUT2D eigenvalue weighted by Crippen LogP contribution is -2.01. The fourth-order valence-corrected chi connectivity index (χ4v) is 1.58. The summed E-state index contributed by atoms with van der Waals surface area (Å²) in [4.78, 5) is 4.00. The lowest BCUT2D eigenvalue weighted by atomic mass is 10.2. The number of nitrogens with one attached hydrogen (secondary N) is 1. The zero-order valence-corrected chi connectivity index (χ0v) is 9.84. The van der Waals surface area contributed by atoms with Gasteiger partial charge in [0.15, 0.2) is 11.6 Å². The van der Waals surface area contributed by atoms with E-state index in [4.69, 9.17) is 5.26 Å². The van der Waals surface area contributed by atoms with Crippen LogP contribution in [0.3, 0.4) is 0 Å². The summed E-state index contributed by atoms with van der Waals surface area (Å²) in [6.45, 7) is 1.65. The number of hydrogen-bond donors (Lipinski definition) is 1. The Morgan fingerprint density at radius 2 is 1.89 bits per heavy atom. The third-order valence-electron chi connectivity index (χ3n) is 2.34. The highest BCUT2D eigenvalue weighted by Gasteiger charge is 2.12. The number of nitriles is 1. The fourth-order valence-electron chi connectivity index (χ4n) is 1.58. The van der Waals surface area contributed by atoms with Gasteiger partial charge in [-0.15, -0.1) is 0 Å². The second kappa shape index (κ2) is 4.98. The quantitative estimate of drug-likeness (QED) is 0.844. The molecule has 0 amide bonds. The van der Waals surface area contributed by atoms with Crippen molar-refractivity contribution in [2.45, 2.75) is 6.92 Å². The van der Waals surface area contributed by atoms with Gasteiger partial charge in [-0.1, -0.05) is 0 Å². The average Bonchev–Trinajstić information content (AvgIpc) is 2.34. The van der Waals surface area contributed by atoms with Gasteiger partial charge in [0.1, 0.15) is 11.6 Å². The molecule has 0 unspecified atom stereocenters. The van der Waals surface area contributed by atoms with Gasteiger partial charge in [-0.2, -0.15) is 5.26 Å². The molecule has 0 spiro atoms. The summed E-state index contributed by atoms with van der Waals surface area (Å²) in [5, 5.41) is 11.2. The normalized spacial score (nSPS) is 10.1. The Bertz CT molecular complexity index is 678. The van der Waals surface area contributed by atoms with Gasteiger partial charge in [-0.05, 0) is 19.1 Å². The third kappa shape index (κ3) is 2.83. The maximum atomic E-state index is 13.5. The van der Waals surface area contributed by atoms with Crippen molar-refractivity contribution in [3.63, 3.8) is 0 Å². The van der Waals surface area contributed by atoms with Gasteiger partial charge in [0.25, 0.3) is 0 Å². The first-order chi connectivity index (χ1) is 8.99. The van der Waals surface area contributed by atoms with Crippen molar-refractivity contribution in [3.05, 3.63) is 53.0 Å². The smallest absolute Gasteiger partial charge is 0.182 e. The molecule has 0 atom stereocenters. The van der Waals surface area contributed by atoms with E-state index in [1.54, 1.807) is 6.92 Å². The molecule has 0 aliphatic carbocycles. The van der Waals surface area contributed by atoms with Crippen molar-refractivity contribution in [2.24, 2.45) is 0 Å². The molecule has 6 heteroatoms. The van der Waals surface area contributed by atoms with E-state index in [-0.39, 0.29) is 11.5 Å². The summed E-state index contributed by atoms with van der Waals surface area (Å²) in [6.07, 6.45) is 0. The molecule has 1 N–H and O–H groups in total. The lowest BCUT2D eigenvalue weighted by Gasteiger charge is -2.08. The topological polar surface area (TPSA) is 48.7 Å². The first-order valence-electron chi connectivity index (χ1n) is 5.30. The van der Waals surface area contributed by atoms with Crippen molar-refractivity contribution in [1.29, 1.82) is 5.26 Å². The molecule has 3 nitrogen and oxygen atoms in total. The zero-order chi connectivity index (χ0) is 14.0. The standard InChI is InChI=1S/C13H8F3N3/c1-7-2-8(6-17)3-12(18-7)19-11-5-9(14)4-10(15)13(11)16/h2-5H,1H3,(H,18,19). The molecule has 2 aromatic rings. The Labute approximate surface area is 107 Å². The number of halogens is 3. The van der Waals surface area contributed by atoms with Crippen LogP contribution in [0.1, 0.15) is 11.3 Å².